The Bertz CT molecular complexity index is 1400. The third-order valence-electron chi connectivity index (χ3n) is 5.44. The van der Waals surface area contributed by atoms with E-state index in [4.69, 9.17) is 55.9 Å². The van der Waals surface area contributed by atoms with Crippen molar-refractivity contribution in [3.63, 3.8) is 0 Å². The van der Waals surface area contributed by atoms with Gasteiger partial charge < -0.3 is 14.8 Å². The Labute approximate surface area is 254 Å². The van der Waals surface area contributed by atoms with Crippen molar-refractivity contribution in [2.75, 3.05) is 7.11 Å². The van der Waals surface area contributed by atoms with Crippen LogP contribution in [0.5, 0.6) is 11.5 Å². The Hall–Kier alpha value is -2.49. The number of nitrogens with zero attached hydrogens (tertiary/aromatic N) is 1. The molecule has 1 unspecified atom stereocenters. The highest BCUT2D eigenvalue weighted by Crippen LogP contribution is 2.37. The number of ether oxygens (including phenoxy) is 2. The zero-order valence-electron chi connectivity index (χ0n) is 21.0. The Morgan fingerprint density at radius 2 is 1.74 bits per heavy atom. The maximum atomic E-state index is 12.8. The first-order valence-corrected chi connectivity index (χ1v) is 13.8. The highest BCUT2D eigenvalue weighted by atomic mass is 79.9. The maximum Gasteiger partial charge on any atom is 0.262 e. The fourth-order valence-electron chi connectivity index (χ4n) is 3.38. The first kappa shape index (κ1) is 31.0. The summed E-state index contributed by atoms with van der Waals surface area (Å²) >= 11 is 27.6. The molecule has 0 aliphatic rings. The number of hydrazone groups is 1. The summed E-state index contributed by atoms with van der Waals surface area (Å²) in [5, 5.41) is 8.35. The van der Waals surface area contributed by atoms with Crippen molar-refractivity contribution in [2.24, 2.45) is 11.0 Å². The van der Waals surface area contributed by atoms with E-state index in [1.807, 2.05) is 0 Å². The number of carbonyl (C=O) groups excluding carboxylic acids is 2. The van der Waals surface area contributed by atoms with Crippen molar-refractivity contribution >= 4 is 80.4 Å². The van der Waals surface area contributed by atoms with Gasteiger partial charge in [-0.2, -0.15) is 5.10 Å². The second-order valence-corrected chi connectivity index (χ2v) is 11.1. The number of hydrogen-bond donors (Lipinski definition) is 2. The van der Waals surface area contributed by atoms with E-state index in [1.165, 1.54) is 31.5 Å². The zero-order valence-corrected chi connectivity index (χ0v) is 25.6. The smallest absolute Gasteiger partial charge is 0.262 e. The van der Waals surface area contributed by atoms with Gasteiger partial charge in [0.25, 0.3) is 11.8 Å². The summed E-state index contributed by atoms with van der Waals surface area (Å²) in [7, 11) is 1.51. The monoisotopic (exact) mass is 673 g/mol. The quantitative estimate of drug-likeness (QED) is 0.172. The number of carbonyl (C=O) groups is 2. The number of methoxy groups -OCH3 is 1. The highest BCUT2D eigenvalue weighted by molar-refractivity contribution is 9.10. The van der Waals surface area contributed by atoms with Crippen LogP contribution in [-0.4, -0.2) is 31.2 Å². The summed E-state index contributed by atoms with van der Waals surface area (Å²) in [5.74, 6) is -0.256. The van der Waals surface area contributed by atoms with Crippen LogP contribution in [0, 0.1) is 5.92 Å². The number of benzene rings is 3. The van der Waals surface area contributed by atoms with Crippen LogP contribution in [0.2, 0.25) is 20.1 Å². The first-order chi connectivity index (χ1) is 18.5. The van der Waals surface area contributed by atoms with Gasteiger partial charge in [0.15, 0.2) is 11.5 Å². The normalized spacial score (nSPS) is 11.9. The molecule has 0 heterocycles. The average molecular weight is 676 g/mol. The third kappa shape index (κ3) is 8.50. The lowest BCUT2D eigenvalue weighted by Gasteiger charge is -2.20. The average Bonchev–Trinajstić information content (AvgIpc) is 2.88. The van der Waals surface area contributed by atoms with Gasteiger partial charge in [-0.3, -0.25) is 9.59 Å². The molecule has 3 aromatic rings. The Morgan fingerprint density at radius 3 is 2.38 bits per heavy atom. The van der Waals surface area contributed by atoms with Crippen molar-refractivity contribution < 1.29 is 19.1 Å². The fourth-order valence-corrected chi connectivity index (χ4v) is 4.72. The number of rotatable bonds is 10. The first-order valence-electron chi connectivity index (χ1n) is 11.5. The van der Waals surface area contributed by atoms with Crippen LogP contribution in [0.15, 0.2) is 58.1 Å². The molecule has 0 saturated heterocycles. The van der Waals surface area contributed by atoms with E-state index in [2.05, 4.69) is 31.8 Å². The van der Waals surface area contributed by atoms with E-state index >= 15 is 0 Å². The molecule has 3 rings (SSSR count). The van der Waals surface area contributed by atoms with E-state index in [-0.39, 0.29) is 23.1 Å². The molecule has 39 heavy (non-hydrogen) atoms. The van der Waals surface area contributed by atoms with Gasteiger partial charge in [0.2, 0.25) is 0 Å². The minimum atomic E-state index is -0.846. The molecule has 206 valence electrons. The van der Waals surface area contributed by atoms with Crippen LogP contribution in [0.1, 0.15) is 35.3 Å². The van der Waals surface area contributed by atoms with Crippen molar-refractivity contribution in [3.8, 4) is 11.5 Å². The van der Waals surface area contributed by atoms with Crippen LogP contribution < -0.4 is 20.2 Å². The molecule has 0 aromatic heterocycles. The standard InChI is InChI=1S/C27H24BrCl4N3O4/c1-14(2)24(34-26(36)16-5-7-20(30)22(32)10-16)27(37)35-33-12-15-8-19(28)25(23(9-15)38-3)39-13-17-4-6-18(29)11-21(17)31/h4-12,14,24H,13H2,1-3H3,(H,34,36)(H,35,37). The molecular formula is C27H24BrCl4N3O4. The van der Waals surface area contributed by atoms with Crippen LogP contribution in [0.3, 0.4) is 0 Å². The van der Waals surface area contributed by atoms with Crippen LogP contribution in [0.25, 0.3) is 0 Å². The molecule has 3 aromatic carbocycles. The predicted octanol–water partition coefficient (Wildman–Crippen LogP) is 7.56. The molecule has 0 bridgehead atoms. The second kappa shape index (κ2) is 14.2. The van der Waals surface area contributed by atoms with Gasteiger partial charge in [-0.15, -0.1) is 0 Å². The van der Waals surface area contributed by atoms with Crippen molar-refractivity contribution in [3.05, 3.63) is 89.8 Å². The van der Waals surface area contributed by atoms with Gasteiger partial charge >= 0.3 is 0 Å². The topological polar surface area (TPSA) is 89.0 Å². The summed E-state index contributed by atoms with van der Waals surface area (Å²) in [5.41, 5.74) is 4.14. The molecule has 0 radical (unpaired) electrons. The zero-order chi connectivity index (χ0) is 28.7. The molecule has 0 aliphatic heterocycles. The van der Waals surface area contributed by atoms with Crippen LogP contribution in [-0.2, 0) is 11.4 Å². The fraction of sp³-hybridized carbons (Fsp3) is 0.222. The molecule has 7 nitrogen and oxygen atoms in total. The lowest BCUT2D eigenvalue weighted by Crippen LogP contribution is -2.48. The minimum absolute atomic E-state index is 0.193. The number of hydrogen-bond acceptors (Lipinski definition) is 5. The molecule has 0 fully saturated rings. The predicted molar refractivity (Wildman–Crippen MR) is 160 cm³/mol. The summed E-state index contributed by atoms with van der Waals surface area (Å²) in [4.78, 5) is 25.5. The van der Waals surface area contributed by atoms with E-state index < -0.39 is 17.9 Å². The van der Waals surface area contributed by atoms with Gasteiger partial charge in [0.1, 0.15) is 12.6 Å². The van der Waals surface area contributed by atoms with Crippen molar-refractivity contribution in [1.82, 2.24) is 10.7 Å². The third-order valence-corrected chi connectivity index (χ3v) is 7.36. The Morgan fingerprint density at radius 1 is 1.00 bits per heavy atom. The van der Waals surface area contributed by atoms with Crippen molar-refractivity contribution in [1.29, 1.82) is 0 Å². The summed E-state index contributed by atoms with van der Waals surface area (Å²) in [6.45, 7) is 3.81. The van der Waals surface area contributed by atoms with E-state index in [0.29, 0.717) is 36.6 Å². The van der Waals surface area contributed by atoms with E-state index in [0.717, 1.165) is 5.56 Å². The van der Waals surface area contributed by atoms with Gasteiger partial charge in [-0.1, -0.05) is 66.3 Å². The maximum absolute atomic E-state index is 12.8. The largest absolute Gasteiger partial charge is 0.493 e. The molecule has 0 saturated carbocycles. The van der Waals surface area contributed by atoms with Crippen LogP contribution in [0.4, 0.5) is 0 Å². The molecule has 0 spiro atoms. The molecule has 2 amide bonds. The molecule has 12 heteroatoms. The number of halogens is 5. The number of amides is 2. The van der Waals surface area contributed by atoms with Gasteiger partial charge in [0.05, 0.1) is 27.8 Å². The Balaban J connectivity index is 1.67. The van der Waals surface area contributed by atoms with Crippen LogP contribution >= 0.6 is 62.3 Å². The highest BCUT2D eigenvalue weighted by Gasteiger charge is 2.25. The number of nitrogens with one attached hydrogen (secondary N) is 2. The van der Waals surface area contributed by atoms with Crippen molar-refractivity contribution in [2.45, 2.75) is 26.5 Å². The van der Waals surface area contributed by atoms with Gasteiger partial charge in [-0.05, 0) is 69.9 Å². The summed E-state index contributed by atoms with van der Waals surface area (Å²) in [6, 6.07) is 12.2. The summed E-state index contributed by atoms with van der Waals surface area (Å²) in [6.07, 6.45) is 1.45. The van der Waals surface area contributed by atoms with E-state index in [9.17, 15) is 9.59 Å². The molecular weight excluding hydrogens is 652 g/mol. The summed E-state index contributed by atoms with van der Waals surface area (Å²) < 4.78 is 12.0. The second-order valence-electron chi connectivity index (χ2n) is 8.62. The molecule has 1 atom stereocenters. The minimum Gasteiger partial charge on any atom is -0.493 e. The van der Waals surface area contributed by atoms with Gasteiger partial charge in [0, 0.05) is 21.2 Å². The lowest BCUT2D eigenvalue weighted by molar-refractivity contribution is -0.123. The SMILES string of the molecule is COc1cc(C=NNC(=O)C(NC(=O)c2ccc(Cl)c(Cl)c2)C(C)C)cc(Br)c1OCc1ccc(Cl)cc1Cl. The lowest BCUT2D eigenvalue weighted by atomic mass is 10.0. The Kier molecular flexibility index (Phi) is 11.3. The molecule has 0 aliphatic carbocycles. The van der Waals surface area contributed by atoms with E-state index in [1.54, 1.807) is 44.2 Å². The van der Waals surface area contributed by atoms with Gasteiger partial charge in [-0.25, -0.2) is 5.43 Å². The molecule has 2 N–H and O–H groups in total.